The SMILES string of the molecule is CC1(C)OB(C(F)=Cc2cc(-c3cccs3)nn2C(F)F)OC1(C)C. The number of halogens is 3. The van der Waals surface area contributed by atoms with E-state index < -0.39 is 30.6 Å². The summed E-state index contributed by atoms with van der Waals surface area (Å²) in [6.07, 6.45) is 0.985. The minimum atomic E-state index is -2.88. The standard InChI is InChI=1S/C16H18BF3N2O2S/c1-15(2)16(3,4)24-17(23-15)13(18)9-10-8-11(12-6-5-7-25-12)21-22(10)14(19)20/h5-9,14H,1-4H3. The zero-order chi connectivity index (χ0) is 18.4. The molecule has 3 heterocycles. The van der Waals surface area contributed by atoms with E-state index in [9.17, 15) is 13.2 Å². The molecule has 0 N–H and O–H groups in total. The van der Waals surface area contributed by atoms with E-state index in [0.717, 1.165) is 11.0 Å². The van der Waals surface area contributed by atoms with Gasteiger partial charge in [-0.3, -0.25) is 0 Å². The topological polar surface area (TPSA) is 36.3 Å². The third kappa shape index (κ3) is 3.40. The van der Waals surface area contributed by atoms with E-state index in [1.54, 1.807) is 39.8 Å². The van der Waals surface area contributed by atoms with Gasteiger partial charge in [-0.2, -0.15) is 13.9 Å². The summed E-state index contributed by atoms with van der Waals surface area (Å²) in [6, 6.07) is 4.98. The van der Waals surface area contributed by atoms with Gasteiger partial charge in [0.2, 0.25) is 0 Å². The first kappa shape index (κ1) is 18.2. The summed E-state index contributed by atoms with van der Waals surface area (Å²) >= 11 is 1.37. The van der Waals surface area contributed by atoms with Crippen LogP contribution in [0.3, 0.4) is 0 Å². The molecule has 1 fully saturated rings. The van der Waals surface area contributed by atoms with Crippen molar-refractivity contribution >= 4 is 24.5 Å². The molecule has 2 aromatic heterocycles. The monoisotopic (exact) mass is 370 g/mol. The Bertz CT molecular complexity index is 771. The summed E-state index contributed by atoms with van der Waals surface area (Å²) in [5.74, 6) is 0. The van der Waals surface area contributed by atoms with Gasteiger partial charge in [-0.25, -0.2) is 9.07 Å². The second kappa shape index (κ2) is 6.30. The predicted octanol–water partition coefficient (Wildman–Crippen LogP) is 4.95. The van der Waals surface area contributed by atoms with Crippen molar-refractivity contribution in [3.05, 3.63) is 35.0 Å². The highest BCUT2D eigenvalue weighted by Gasteiger charge is 2.53. The van der Waals surface area contributed by atoms with Gasteiger partial charge in [-0.1, -0.05) is 6.07 Å². The smallest absolute Gasteiger partial charge is 0.398 e. The zero-order valence-electron chi connectivity index (χ0n) is 14.3. The Hall–Kier alpha value is -1.58. The Balaban J connectivity index is 1.92. The van der Waals surface area contributed by atoms with Crippen LogP contribution in [0.2, 0.25) is 0 Å². The van der Waals surface area contributed by atoms with Crippen molar-refractivity contribution in [2.75, 3.05) is 0 Å². The fourth-order valence-electron chi connectivity index (χ4n) is 2.38. The van der Waals surface area contributed by atoms with Gasteiger partial charge >= 0.3 is 13.7 Å². The second-order valence-corrected chi connectivity index (χ2v) is 7.72. The van der Waals surface area contributed by atoms with Crippen molar-refractivity contribution in [3.63, 3.8) is 0 Å². The first-order valence-electron chi connectivity index (χ1n) is 7.75. The molecule has 9 heteroatoms. The minimum Gasteiger partial charge on any atom is -0.398 e. The predicted molar refractivity (Wildman–Crippen MR) is 92.0 cm³/mol. The fraction of sp³-hybridized carbons (Fsp3) is 0.438. The molecule has 0 atom stereocenters. The Kier molecular flexibility index (Phi) is 4.59. The maximum Gasteiger partial charge on any atom is 0.525 e. The molecule has 0 unspecified atom stereocenters. The van der Waals surface area contributed by atoms with Gasteiger partial charge in [-0.05, 0) is 51.3 Å². The highest BCUT2D eigenvalue weighted by Crippen LogP contribution is 2.39. The lowest BCUT2D eigenvalue weighted by molar-refractivity contribution is 0.00578. The molecule has 3 rings (SSSR count). The molecular weight excluding hydrogens is 352 g/mol. The molecule has 0 bridgehead atoms. The highest BCUT2D eigenvalue weighted by atomic mass is 32.1. The maximum absolute atomic E-state index is 14.6. The van der Waals surface area contributed by atoms with Gasteiger partial charge in [0.05, 0.1) is 21.8 Å². The van der Waals surface area contributed by atoms with E-state index >= 15 is 0 Å². The van der Waals surface area contributed by atoms with E-state index in [1.807, 2.05) is 5.38 Å². The summed E-state index contributed by atoms with van der Waals surface area (Å²) in [5, 5.41) is 5.69. The van der Waals surface area contributed by atoms with Crippen LogP contribution in [-0.4, -0.2) is 28.1 Å². The number of alkyl halides is 2. The number of hydrogen-bond acceptors (Lipinski definition) is 4. The average Bonchev–Trinajstić information content (AvgIpc) is 3.17. The average molecular weight is 370 g/mol. The van der Waals surface area contributed by atoms with E-state index in [1.165, 1.54) is 17.4 Å². The van der Waals surface area contributed by atoms with Gasteiger partial charge in [0.15, 0.2) is 0 Å². The van der Waals surface area contributed by atoms with Gasteiger partial charge in [0, 0.05) is 0 Å². The molecule has 0 radical (unpaired) electrons. The van der Waals surface area contributed by atoms with Crippen LogP contribution in [0, 0.1) is 0 Å². The molecular formula is C16H18BF3N2O2S. The molecule has 134 valence electrons. The van der Waals surface area contributed by atoms with E-state index in [4.69, 9.17) is 9.31 Å². The second-order valence-electron chi connectivity index (χ2n) is 6.77. The van der Waals surface area contributed by atoms with E-state index in [-0.39, 0.29) is 5.69 Å². The summed E-state index contributed by atoms with van der Waals surface area (Å²) in [4.78, 5) is 0.727. The van der Waals surface area contributed by atoms with Crippen molar-refractivity contribution in [1.29, 1.82) is 0 Å². The molecule has 0 spiro atoms. The number of nitrogens with zero attached hydrogens (tertiary/aromatic N) is 2. The van der Waals surface area contributed by atoms with Gasteiger partial charge in [0.25, 0.3) is 0 Å². The number of hydrogen-bond donors (Lipinski definition) is 0. The first-order chi connectivity index (χ1) is 11.6. The van der Waals surface area contributed by atoms with Crippen LogP contribution in [0.4, 0.5) is 13.2 Å². The molecule has 1 aliphatic rings. The van der Waals surface area contributed by atoms with Crippen LogP contribution >= 0.6 is 11.3 Å². The van der Waals surface area contributed by atoms with Crippen molar-refractivity contribution in [3.8, 4) is 10.6 Å². The summed E-state index contributed by atoms with van der Waals surface area (Å²) in [7, 11) is -1.24. The lowest BCUT2D eigenvalue weighted by atomic mass is 9.87. The molecule has 0 aromatic carbocycles. The Morgan fingerprint density at radius 3 is 2.44 bits per heavy atom. The highest BCUT2D eigenvalue weighted by molar-refractivity contribution is 7.13. The molecule has 2 aromatic rings. The summed E-state index contributed by atoms with van der Waals surface area (Å²) < 4.78 is 52.8. The van der Waals surface area contributed by atoms with Crippen LogP contribution in [0.1, 0.15) is 39.9 Å². The third-order valence-electron chi connectivity index (χ3n) is 4.49. The molecule has 1 aliphatic heterocycles. The van der Waals surface area contributed by atoms with Crippen molar-refractivity contribution < 1.29 is 22.5 Å². The van der Waals surface area contributed by atoms with Crippen LogP contribution in [-0.2, 0) is 9.31 Å². The van der Waals surface area contributed by atoms with E-state index in [2.05, 4.69) is 5.10 Å². The van der Waals surface area contributed by atoms with Crippen LogP contribution in [0.5, 0.6) is 0 Å². The molecule has 0 amide bonds. The van der Waals surface area contributed by atoms with Gasteiger partial charge < -0.3 is 9.31 Å². The van der Waals surface area contributed by atoms with E-state index in [0.29, 0.717) is 10.4 Å². The fourth-order valence-corrected chi connectivity index (χ4v) is 3.06. The molecule has 0 aliphatic carbocycles. The largest absolute Gasteiger partial charge is 0.525 e. The molecule has 0 saturated carbocycles. The Morgan fingerprint density at radius 2 is 1.92 bits per heavy atom. The number of thiophene rings is 1. The first-order valence-corrected chi connectivity index (χ1v) is 8.63. The van der Waals surface area contributed by atoms with Crippen LogP contribution < -0.4 is 0 Å². The lowest BCUT2D eigenvalue weighted by Gasteiger charge is -2.32. The molecule has 1 saturated heterocycles. The molecule has 4 nitrogen and oxygen atoms in total. The maximum atomic E-state index is 14.6. The third-order valence-corrected chi connectivity index (χ3v) is 5.38. The summed E-state index contributed by atoms with van der Waals surface area (Å²) in [5.41, 5.74) is -1.89. The Morgan fingerprint density at radius 1 is 1.28 bits per heavy atom. The lowest BCUT2D eigenvalue weighted by Crippen LogP contribution is -2.41. The van der Waals surface area contributed by atoms with Gasteiger partial charge in [0.1, 0.15) is 11.4 Å². The normalized spacial score (nSPS) is 19.8. The minimum absolute atomic E-state index is 0.0504. The van der Waals surface area contributed by atoms with Crippen LogP contribution in [0.25, 0.3) is 16.6 Å². The number of aromatic nitrogens is 2. The summed E-state index contributed by atoms with van der Waals surface area (Å²) in [6.45, 7) is 4.28. The Labute approximate surface area is 148 Å². The quantitative estimate of drug-likeness (QED) is 0.715. The van der Waals surface area contributed by atoms with Gasteiger partial charge in [-0.15, -0.1) is 11.3 Å². The van der Waals surface area contributed by atoms with Crippen molar-refractivity contribution in [2.24, 2.45) is 0 Å². The van der Waals surface area contributed by atoms with Crippen LogP contribution in [0.15, 0.2) is 29.3 Å². The number of rotatable bonds is 4. The van der Waals surface area contributed by atoms with Crippen molar-refractivity contribution in [2.45, 2.75) is 45.4 Å². The zero-order valence-corrected chi connectivity index (χ0v) is 15.1. The van der Waals surface area contributed by atoms with Crippen molar-refractivity contribution in [1.82, 2.24) is 9.78 Å². The molecule has 25 heavy (non-hydrogen) atoms.